The number of ether oxygens (including phenoxy) is 2. The minimum absolute atomic E-state index is 0.0267. The number of benzene rings is 2. The summed E-state index contributed by atoms with van der Waals surface area (Å²) in [5.41, 5.74) is 3.16. The molecule has 0 saturated carbocycles. The fraction of sp³-hybridized carbons (Fsp3) is 0.143. The molecule has 3 nitrogen and oxygen atoms in total. The largest absolute Gasteiger partial charge is 0.486 e. The zero-order chi connectivity index (χ0) is 17.6. The van der Waals surface area contributed by atoms with Gasteiger partial charge in [0.05, 0.1) is 0 Å². The van der Waals surface area contributed by atoms with Gasteiger partial charge in [0, 0.05) is 11.6 Å². The van der Waals surface area contributed by atoms with Crippen LogP contribution >= 0.6 is 20.7 Å². The summed E-state index contributed by atoms with van der Waals surface area (Å²) in [5, 5.41) is 8.26. The van der Waals surface area contributed by atoms with Gasteiger partial charge in [-0.15, -0.1) is 0 Å². The molecule has 1 atom stereocenters. The molecule has 4 heteroatoms. The lowest BCUT2D eigenvalue weighted by molar-refractivity contribution is 0.245. The Bertz CT molecular complexity index is 855. The maximum Gasteiger partial charge on any atom is 0.219 e. The van der Waals surface area contributed by atoms with Crippen LogP contribution in [0.25, 0.3) is 6.08 Å². The van der Waals surface area contributed by atoms with Crippen LogP contribution in [0.5, 0.6) is 11.5 Å². The number of fused-ring (bicyclic) bond motifs is 1. The molecule has 2 aromatic rings. The lowest BCUT2D eigenvalue weighted by Crippen LogP contribution is -2.12. The molecule has 1 aliphatic rings. The summed E-state index contributed by atoms with van der Waals surface area (Å²) < 4.78 is 16.1. The van der Waals surface area contributed by atoms with E-state index in [0.29, 0.717) is 11.5 Å². The first-order valence-electron chi connectivity index (χ1n) is 8.11. The molecule has 0 bridgehead atoms. The van der Waals surface area contributed by atoms with E-state index in [1.807, 2.05) is 37.3 Å². The van der Waals surface area contributed by atoms with Crippen LogP contribution in [0.4, 0.5) is 0 Å². The Morgan fingerprint density at radius 1 is 1.20 bits per heavy atom. The fourth-order valence-corrected chi connectivity index (χ4v) is 4.19. The highest BCUT2D eigenvalue weighted by Crippen LogP contribution is 2.24. The predicted octanol–water partition coefficient (Wildman–Crippen LogP) is 5.54. The topological polar surface area (TPSA) is 42.3 Å². The zero-order valence-corrected chi connectivity index (χ0v) is 16.2. The summed E-state index contributed by atoms with van der Waals surface area (Å²) in [5.74, 6) is 1.43. The maximum atomic E-state index is 8.26. The van der Waals surface area contributed by atoms with E-state index < -0.39 is 0 Å². The van der Waals surface area contributed by atoms with E-state index in [9.17, 15) is 0 Å². The molecule has 1 heterocycles. The van der Waals surface area contributed by atoms with Crippen molar-refractivity contribution in [3.05, 3.63) is 75.9 Å². The molecular formula is C21H20INO2. The Hall–Kier alpha value is -2.21. The van der Waals surface area contributed by atoms with Crippen LogP contribution < -0.4 is 9.47 Å². The molecule has 0 aromatic heterocycles. The molecule has 25 heavy (non-hydrogen) atoms. The zero-order valence-electron chi connectivity index (χ0n) is 14.0. The van der Waals surface area contributed by atoms with Crippen molar-refractivity contribution in [1.82, 2.24) is 0 Å². The van der Waals surface area contributed by atoms with Crippen molar-refractivity contribution in [3.8, 4) is 11.5 Å². The molecule has 3 rings (SSSR count). The molecule has 1 unspecified atom stereocenters. The second-order valence-corrected chi connectivity index (χ2v) is 7.64. The molecule has 1 aliphatic heterocycles. The Balaban J connectivity index is 1.74. The van der Waals surface area contributed by atoms with Gasteiger partial charge in [0.25, 0.3) is 0 Å². The van der Waals surface area contributed by atoms with Gasteiger partial charge in [-0.2, -0.15) is 0 Å². The number of nitrogens with one attached hydrogen (secondary N) is 1. The minimum Gasteiger partial charge on any atom is -0.486 e. The SMILES string of the molecule is C=CC(CC)Oc1cccc(OC(=N)c2ccc3c(c2)C=CI=C3)c1. The average molecular weight is 445 g/mol. The van der Waals surface area contributed by atoms with Crippen molar-refractivity contribution in [2.45, 2.75) is 19.4 Å². The van der Waals surface area contributed by atoms with E-state index in [1.165, 1.54) is 5.56 Å². The maximum absolute atomic E-state index is 8.26. The van der Waals surface area contributed by atoms with Gasteiger partial charge in [-0.3, -0.25) is 5.41 Å². The van der Waals surface area contributed by atoms with Crippen LogP contribution in [-0.2, 0) is 0 Å². The summed E-state index contributed by atoms with van der Waals surface area (Å²) in [6.45, 7) is 5.83. The van der Waals surface area contributed by atoms with E-state index in [-0.39, 0.29) is 32.7 Å². The van der Waals surface area contributed by atoms with E-state index in [0.717, 1.165) is 17.5 Å². The standard InChI is InChI=1S/C21H20INO2/c1-3-18(4-2)24-19-6-5-7-20(13-19)25-21(23)16-8-9-17-14-22-11-10-15(17)12-16/h3,5-14,18,23H,1,4H2,2H3. The minimum atomic E-state index is -0.0267. The van der Waals surface area contributed by atoms with Gasteiger partial charge >= 0.3 is 0 Å². The van der Waals surface area contributed by atoms with E-state index in [2.05, 4.69) is 26.8 Å². The summed E-state index contributed by atoms with van der Waals surface area (Å²) in [4.78, 5) is 0. The number of halogens is 1. The third-order valence-electron chi connectivity index (χ3n) is 3.82. The molecule has 0 radical (unpaired) electrons. The van der Waals surface area contributed by atoms with Gasteiger partial charge in [0.15, 0.2) is 0 Å². The summed E-state index contributed by atoms with van der Waals surface area (Å²) in [6, 6.07) is 13.4. The number of hydrogen-bond acceptors (Lipinski definition) is 3. The second kappa shape index (κ2) is 8.25. The van der Waals surface area contributed by atoms with E-state index in [1.54, 1.807) is 12.1 Å². The number of rotatable bonds is 6. The molecule has 0 amide bonds. The number of hydrogen-bond donors (Lipinski definition) is 1. The van der Waals surface area contributed by atoms with Gasteiger partial charge in [-0.25, -0.2) is 0 Å². The lowest BCUT2D eigenvalue weighted by Gasteiger charge is -2.15. The Morgan fingerprint density at radius 3 is 2.84 bits per heavy atom. The van der Waals surface area contributed by atoms with Gasteiger partial charge in [-0.1, -0.05) is 52.4 Å². The first-order chi connectivity index (χ1) is 12.2. The molecule has 2 aromatic carbocycles. The Labute approximate surface area is 158 Å². The van der Waals surface area contributed by atoms with Crippen LogP contribution in [-0.4, -0.2) is 16.0 Å². The highest BCUT2D eigenvalue weighted by atomic mass is 127. The van der Waals surface area contributed by atoms with Crippen LogP contribution in [0.3, 0.4) is 0 Å². The molecule has 0 saturated heterocycles. The normalized spacial score (nSPS) is 13.3. The second-order valence-electron chi connectivity index (χ2n) is 5.58. The van der Waals surface area contributed by atoms with Crippen LogP contribution in [0.2, 0.25) is 0 Å². The molecule has 128 valence electrons. The van der Waals surface area contributed by atoms with Crippen molar-refractivity contribution >= 4 is 36.7 Å². The van der Waals surface area contributed by atoms with Gasteiger partial charge < -0.3 is 9.47 Å². The first-order valence-corrected chi connectivity index (χ1v) is 10.6. The van der Waals surface area contributed by atoms with Crippen molar-refractivity contribution in [1.29, 1.82) is 5.41 Å². The quantitative estimate of drug-likeness (QED) is 0.275. The van der Waals surface area contributed by atoms with Crippen LogP contribution in [0.15, 0.2) is 59.2 Å². The van der Waals surface area contributed by atoms with Crippen molar-refractivity contribution < 1.29 is 9.47 Å². The monoisotopic (exact) mass is 445 g/mol. The highest BCUT2D eigenvalue weighted by molar-refractivity contribution is 14.2. The average Bonchev–Trinajstić information content (AvgIpc) is 2.66. The lowest BCUT2D eigenvalue weighted by atomic mass is 10.1. The molecule has 0 spiro atoms. The van der Waals surface area contributed by atoms with Gasteiger partial charge in [-0.05, 0) is 56.0 Å². The fourth-order valence-electron chi connectivity index (χ4n) is 2.43. The van der Waals surface area contributed by atoms with Crippen molar-refractivity contribution in [3.63, 3.8) is 0 Å². The summed E-state index contributed by atoms with van der Waals surface area (Å²) in [6.07, 6.45) is 4.75. The van der Waals surface area contributed by atoms with E-state index in [4.69, 9.17) is 14.9 Å². The van der Waals surface area contributed by atoms with Crippen LogP contribution in [0.1, 0.15) is 30.0 Å². The Morgan fingerprint density at radius 2 is 2.04 bits per heavy atom. The third-order valence-corrected chi connectivity index (χ3v) is 5.63. The predicted molar refractivity (Wildman–Crippen MR) is 113 cm³/mol. The highest BCUT2D eigenvalue weighted by Gasteiger charge is 2.10. The first kappa shape index (κ1) is 17.6. The smallest absolute Gasteiger partial charge is 0.219 e. The molecular weight excluding hydrogens is 425 g/mol. The molecule has 1 N–H and O–H groups in total. The van der Waals surface area contributed by atoms with Crippen LogP contribution in [0, 0.1) is 5.41 Å². The van der Waals surface area contributed by atoms with Gasteiger partial charge in [0.1, 0.15) is 17.6 Å². The molecule has 0 aliphatic carbocycles. The van der Waals surface area contributed by atoms with E-state index >= 15 is 0 Å². The summed E-state index contributed by atoms with van der Waals surface area (Å²) >= 11 is 0.0334. The Kier molecular flexibility index (Phi) is 5.81. The third kappa shape index (κ3) is 4.45. The van der Waals surface area contributed by atoms with Crippen molar-refractivity contribution in [2.75, 3.05) is 0 Å². The van der Waals surface area contributed by atoms with Gasteiger partial charge in [0.2, 0.25) is 5.90 Å². The summed E-state index contributed by atoms with van der Waals surface area (Å²) in [7, 11) is 0. The van der Waals surface area contributed by atoms with Crippen molar-refractivity contribution in [2.24, 2.45) is 0 Å². The molecule has 0 fully saturated rings.